The highest BCUT2D eigenvalue weighted by atomic mass is 19.1. The van der Waals surface area contributed by atoms with Crippen molar-refractivity contribution in [3.63, 3.8) is 0 Å². The van der Waals surface area contributed by atoms with Gasteiger partial charge in [0.05, 0.1) is 24.5 Å². The van der Waals surface area contributed by atoms with Crippen LogP contribution in [-0.4, -0.2) is 56.5 Å². The van der Waals surface area contributed by atoms with E-state index in [0.717, 1.165) is 49.4 Å². The number of hydrogen-bond donors (Lipinski definition) is 0. The van der Waals surface area contributed by atoms with Crippen LogP contribution < -0.4 is 4.74 Å². The van der Waals surface area contributed by atoms with Crippen LogP contribution in [0.15, 0.2) is 36.8 Å². The summed E-state index contributed by atoms with van der Waals surface area (Å²) in [4.78, 5) is 27.4. The summed E-state index contributed by atoms with van der Waals surface area (Å²) in [5, 5.41) is 0. The van der Waals surface area contributed by atoms with Gasteiger partial charge in [0.1, 0.15) is 5.82 Å². The Bertz CT molecular complexity index is 1360. The maximum absolute atomic E-state index is 14.2. The number of hydrogen-bond acceptors (Lipinski definition) is 5. The normalized spacial score (nSPS) is 19.2. The first-order valence-electron chi connectivity index (χ1n) is 13.8. The summed E-state index contributed by atoms with van der Waals surface area (Å²) in [7, 11) is 0. The van der Waals surface area contributed by atoms with Gasteiger partial charge in [-0.25, -0.2) is 9.37 Å². The monoisotopic (exact) mass is 517 g/mol. The number of amides is 1. The lowest BCUT2D eigenvalue weighted by atomic mass is 9.81. The number of nitrogens with zero attached hydrogens (tertiary/aromatic N) is 5. The zero-order valence-electron chi connectivity index (χ0n) is 22.5. The smallest absolute Gasteiger partial charge is 0.254 e. The van der Waals surface area contributed by atoms with Crippen molar-refractivity contribution in [2.45, 2.75) is 71.0 Å². The van der Waals surface area contributed by atoms with Crippen LogP contribution >= 0.6 is 0 Å². The van der Waals surface area contributed by atoms with Gasteiger partial charge in [0.15, 0.2) is 11.6 Å². The summed E-state index contributed by atoms with van der Waals surface area (Å²) < 4.78 is 21.8. The third-order valence-electron chi connectivity index (χ3n) is 8.53. The number of fused-ring (bicyclic) bond motifs is 2. The number of likely N-dealkylation sites (tertiary alicyclic amines) is 1. The highest BCUT2D eigenvalue weighted by molar-refractivity contribution is 5.98. The maximum atomic E-state index is 14.2. The van der Waals surface area contributed by atoms with Gasteiger partial charge in [0.2, 0.25) is 0 Å². The SMILES string of the molecule is CCOc1cc(C(C)N2CC3(CC3)c3c(CN4CCCC4)cc(Cn4ccnc4C)cc3C2=O)ncc1F. The molecule has 38 heavy (non-hydrogen) atoms. The van der Waals surface area contributed by atoms with Gasteiger partial charge in [-0.3, -0.25) is 14.7 Å². The number of carbonyl (C=O) groups excluding carboxylic acids is 1. The summed E-state index contributed by atoms with van der Waals surface area (Å²) in [6.45, 7) is 10.6. The molecule has 1 saturated carbocycles. The van der Waals surface area contributed by atoms with Crippen LogP contribution in [-0.2, 0) is 18.5 Å². The number of carbonyl (C=O) groups is 1. The van der Waals surface area contributed by atoms with E-state index in [2.05, 4.69) is 31.6 Å². The van der Waals surface area contributed by atoms with Gasteiger partial charge >= 0.3 is 0 Å². The Morgan fingerprint density at radius 2 is 1.92 bits per heavy atom. The number of imidazole rings is 1. The molecular weight excluding hydrogens is 481 g/mol. The minimum Gasteiger partial charge on any atom is -0.491 e. The molecule has 6 rings (SSSR count). The fourth-order valence-electron chi connectivity index (χ4n) is 6.32. The number of pyridine rings is 1. The van der Waals surface area contributed by atoms with Crippen molar-refractivity contribution >= 4 is 5.91 Å². The quantitative estimate of drug-likeness (QED) is 0.420. The van der Waals surface area contributed by atoms with Gasteiger partial charge in [0, 0.05) is 49.1 Å². The summed E-state index contributed by atoms with van der Waals surface area (Å²) in [6.07, 6.45) is 9.63. The molecule has 3 aromatic rings. The van der Waals surface area contributed by atoms with Crippen molar-refractivity contribution < 1.29 is 13.9 Å². The van der Waals surface area contributed by atoms with Crippen molar-refractivity contribution in [2.24, 2.45) is 0 Å². The Balaban J connectivity index is 1.40. The Kier molecular flexibility index (Phi) is 6.46. The molecule has 200 valence electrons. The molecule has 1 aliphatic carbocycles. The Hall–Kier alpha value is -3.26. The summed E-state index contributed by atoms with van der Waals surface area (Å²) in [6, 6.07) is 5.78. The van der Waals surface area contributed by atoms with Crippen LogP contribution in [0.2, 0.25) is 0 Å². The van der Waals surface area contributed by atoms with Crippen LogP contribution in [0.3, 0.4) is 0 Å². The molecule has 1 atom stereocenters. The van der Waals surface area contributed by atoms with E-state index in [1.165, 1.54) is 30.2 Å². The van der Waals surface area contributed by atoms with Gasteiger partial charge in [-0.15, -0.1) is 0 Å². The summed E-state index contributed by atoms with van der Waals surface area (Å²) in [5.41, 5.74) is 5.12. The summed E-state index contributed by atoms with van der Waals surface area (Å²) in [5.74, 6) is 0.682. The Morgan fingerprint density at radius 1 is 1.13 bits per heavy atom. The van der Waals surface area contributed by atoms with E-state index in [1.807, 2.05) is 38.1 Å². The first-order valence-corrected chi connectivity index (χ1v) is 13.8. The number of benzene rings is 1. The van der Waals surface area contributed by atoms with Crippen molar-refractivity contribution in [3.8, 4) is 5.75 Å². The third kappa shape index (κ3) is 4.49. The Labute approximate surface area is 223 Å². The van der Waals surface area contributed by atoms with E-state index in [4.69, 9.17) is 4.74 Å². The molecule has 0 bridgehead atoms. The van der Waals surface area contributed by atoms with E-state index < -0.39 is 5.82 Å². The lowest BCUT2D eigenvalue weighted by molar-refractivity contribution is 0.0633. The highest BCUT2D eigenvalue weighted by Gasteiger charge is 2.53. The molecule has 2 aliphatic heterocycles. The average Bonchev–Trinajstić information content (AvgIpc) is 3.25. The fraction of sp³-hybridized carbons (Fsp3) is 0.500. The second-order valence-electron chi connectivity index (χ2n) is 11.1. The van der Waals surface area contributed by atoms with Gasteiger partial charge in [-0.1, -0.05) is 6.07 Å². The second-order valence-corrected chi connectivity index (χ2v) is 11.1. The zero-order chi connectivity index (χ0) is 26.4. The zero-order valence-corrected chi connectivity index (χ0v) is 22.5. The Morgan fingerprint density at radius 3 is 2.61 bits per heavy atom. The molecule has 2 fully saturated rings. The van der Waals surface area contributed by atoms with Crippen molar-refractivity contribution in [1.82, 2.24) is 24.3 Å². The van der Waals surface area contributed by atoms with Gasteiger partial charge in [-0.05, 0) is 82.3 Å². The van der Waals surface area contributed by atoms with Crippen LogP contribution in [0.25, 0.3) is 0 Å². The van der Waals surface area contributed by atoms with E-state index >= 15 is 0 Å². The van der Waals surface area contributed by atoms with Crippen LogP contribution in [0.1, 0.15) is 84.1 Å². The van der Waals surface area contributed by atoms with Crippen molar-refractivity contribution in [1.29, 1.82) is 0 Å². The van der Waals surface area contributed by atoms with Crippen LogP contribution in [0.4, 0.5) is 4.39 Å². The van der Waals surface area contributed by atoms with E-state index in [-0.39, 0.29) is 23.1 Å². The maximum Gasteiger partial charge on any atom is 0.254 e. The van der Waals surface area contributed by atoms with Crippen molar-refractivity contribution in [3.05, 3.63) is 76.4 Å². The molecule has 1 aromatic carbocycles. The van der Waals surface area contributed by atoms with Crippen LogP contribution in [0.5, 0.6) is 5.75 Å². The first-order chi connectivity index (χ1) is 18.4. The molecule has 1 unspecified atom stereocenters. The predicted molar refractivity (Wildman–Crippen MR) is 143 cm³/mol. The van der Waals surface area contributed by atoms with E-state index in [1.54, 1.807) is 6.07 Å². The largest absolute Gasteiger partial charge is 0.491 e. The topological polar surface area (TPSA) is 63.5 Å². The minimum atomic E-state index is -0.484. The molecule has 1 saturated heterocycles. The first kappa shape index (κ1) is 25.0. The van der Waals surface area contributed by atoms with Gasteiger partial charge < -0.3 is 14.2 Å². The van der Waals surface area contributed by atoms with E-state index in [0.29, 0.717) is 25.4 Å². The number of ether oxygens (including phenoxy) is 1. The average molecular weight is 518 g/mol. The molecule has 1 amide bonds. The lowest BCUT2D eigenvalue weighted by Crippen LogP contribution is -2.45. The van der Waals surface area contributed by atoms with Crippen molar-refractivity contribution in [2.75, 3.05) is 26.2 Å². The molecule has 0 N–H and O–H groups in total. The van der Waals surface area contributed by atoms with E-state index in [9.17, 15) is 9.18 Å². The molecular formula is C30H36FN5O2. The molecule has 3 aliphatic rings. The van der Waals surface area contributed by atoms with Gasteiger partial charge in [-0.2, -0.15) is 0 Å². The molecule has 0 radical (unpaired) electrons. The number of halogens is 1. The highest BCUT2D eigenvalue weighted by Crippen LogP contribution is 2.55. The minimum absolute atomic E-state index is 0.0151. The molecule has 1 spiro atoms. The van der Waals surface area contributed by atoms with Crippen LogP contribution in [0, 0.1) is 12.7 Å². The summed E-state index contributed by atoms with van der Waals surface area (Å²) >= 11 is 0. The third-order valence-corrected chi connectivity index (χ3v) is 8.53. The molecule has 2 aromatic heterocycles. The standard InChI is InChI=1S/C30H36FN5O2/c1-4-38-27-15-26(33-16-25(27)31)20(2)36-19-30(7-8-30)28-23(18-34-10-5-6-11-34)13-22(14-24(28)29(36)37)17-35-12-9-32-21(35)3/h9,12-16,20H,4-8,10-11,17-19H2,1-3H3. The van der Waals surface area contributed by atoms with Gasteiger partial charge in [0.25, 0.3) is 5.91 Å². The second kappa shape index (κ2) is 9.80. The molecule has 7 nitrogen and oxygen atoms in total. The lowest BCUT2D eigenvalue weighted by Gasteiger charge is -2.40. The molecule has 4 heterocycles. The fourth-order valence-corrected chi connectivity index (χ4v) is 6.32. The predicted octanol–water partition coefficient (Wildman–Crippen LogP) is 5.02. The number of aromatic nitrogens is 3. The number of aryl methyl sites for hydroxylation is 1. The molecule has 8 heteroatoms. The number of rotatable bonds is 8.